The van der Waals surface area contributed by atoms with Gasteiger partial charge in [-0.15, -0.1) is 0 Å². The van der Waals surface area contributed by atoms with Gasteiger partial charge in [0.05, 0.1) is 11.1 Å². The van der Waals surface area contributed by atoms with E-state index in [0.717, 1.165) is 0 Å². The van der Waals surface area contributed by atoms with Crippen molar-refractivity contribution in [3.05, 3.63) is 44.8 Å². The zero-order chi connectivity index (χ0) is 14.4. The molecular weight excluding hydrogens is 408 g/mol. The maximum atomic E-state index is 13.9. The summed E-state index contributed by atoms with van der Waals surface area (Å²) in [5, 5.41) is 3.74. The smallest absolute Gasteiger partial charge is 0.207 e. The van der Waals surface area contributed by atoms with Crippen LogP contribution < -0.4 is 0 Å². The Kier molecular flexibility index (Phi) is 3.28. The van der Waals surface area contributed by atoms with Crippen LogP contribution in [0.2, 0.25) is 5.15 Å². The molecule has 0 fully saturated rings. The van der Waals surface area contributed by atoms with E-state index in [1.165, 1.54) is 10.8 Å². The fourth-order valence-corrected chi connectivity index (χ4v) is 3.06. The van der Waals surface area contributed by atoms with Crippen molar-refractivity contribution in [2.75, 3.05) is 0 Å². The third-order valence-electron chi connectivity index (χ3n) is 2.58. The van der Waals surface area contributed by atoms with E-state index >= 15 is 0 Å². The second-order valence-electron chi connectivity index (χ2n) is 3.78. The standard InChI is InChI=1S/C11H3ClF3IN4/c12-9-8(7-5(14)1-4(13)2-6(7)15)10(16)20-11(19-9)17-3-18-20/h1-3H. The summed E-state index contributed by atoms with van der Waals surface area (Å²) >= 11 is 7.78. The summed E-state index contributed by atoms with van der Waals surface area (Å²) in [6.45, 7) is 0. The molecule has 0 amide bonds. The first-order chi connectivity index (χ1) is 9.49. The number of fused-ring (bicyclic) bond motifs is 1. The SMILES string of the molecule is Fc1cc(F)c(-c2c(Cl)nc3ncnn3c2I)c(F)c1. The third kappa shape index (κ3) is 2.03. The highest BCUT2D eigenvalue weighted by atomic mass is 127. The highest BCUT2D eigenvalue weighted by molar-refractivity contribution is 14.1. The van der Waals surface area contributed by atoms with Crippen LogP contribution in [0, 0.1) is 21.2 Å². The molecule has 0 spiro atoms. The third-order valence-corrected chi connectivity index (χ3v) is 3.85. The van der Waals surface area contributed by atoms with Gasteiger partial charge in [-0.2, -0.15) is 19.6 Å². The van der Waals surface area contributed by atoms with E-state index in [2.05, 4.69) is 15.1 Å². The Balaban J connectivity index is 2.40. The van der Waals surface area contributed by atoms with Gasteiger partial charge in [0.2, 0.25) is 0 Å². The van der Waals surface area contributed by atoms with Gasteiger partial charge in [-0.25, -0.2) is 13.2 Å². The van der Waals surface area contributed by atoms with Gasteiger partial charge in [0, 0.05) is 12.1 Å². The lowest BCUT2D eigenvalue weighted by Crippen LogP contribution is -2.03. The monoisotopic (exact) mass is 410 g/mol. The Morgan fingerprint density at radius 3 is 2.40 bits per heavy atom. The molecule has 3 aromatic rings. The lowest BCUT2D eigenvalue weighted by molar-refractivity contribution is 0.547. The molecule has 0 aliphatic rings. The van der Waals surface area contributed by atoms with E-state index in [-0.39, 0.29) is 16.5 Å². The molecule has 0 saturated carbocycles. The average Bonchev–Trinajstić information content (AvgIpc) is 2.80. The number of benzene rings is 1. The molecule has 0 radical (unpaired) electrons. The van der Waals surface area contributed by atoms with Crippen molar-refractivity contribution in [1.29, 1.82) is 0 Å². The number of aromatic nitrogens is 4. The molecule has 3 rings (SSSR count). The van der Waals surface area contributed by atoms with Crippen LogP contribution in [0.15, 0.2) is 18.5 Å². The van der Waals surface area contributed by atoms with Crippen molar-refractivity contribution in [2.45, 2.75) is 0 Å². The van der Waals surface area contributed by atoms with Crippen LogP contribution in [-0.4, -0.2) is 19.6 Å². The Labute approximate surface area is 128 Å². The van der Waals surface area contributed by atoms with Crippen molar-refractivity contribution in [3.63, 3.8) is 0 Å². The van der Waals surface area contributed by atoms with Gasteiger partial charge < -0.3 is 0 Å². The van der Waals surface area contributed by atoms with Gasteiger partial charge in [-0.1, -0.05) is 11.6 Å². The molecule has 20 heavy (non-hydrogen) atoms. The van der Waals surface area contributed by atoms with E-state index in [4.69, 9.17) is 11.6 Å². The van der Waals surface area contributed by atoms with E-state index in [9.17, 15) is 13.2 Å². The summed E-state index contributed by atoms with van der Waals surface area (Å²) in [5.41, 5.74) is -0.453. The van der Waals surface area contributed by atoms with Gasteiger partial charge >= 0.3 is 0 Å². The summed E-state index contributed by atoms with van der Waals surface area (Å²) in [6.07, 6.45) is 1.24. The Hall–Kier alpha value is -1.42. The molecular formula is C11H3ClF3IN4. The maximum absolute atomic E-state index is 13.9. The normalized spacial score (nSPS) is 11.2. The van der Waals surface area contributed by atoms with Crippen molar-refractivity contribution >= 4 is 40.0 Å². The molecule has 0 saturated heterocycles. The molecule has 0 N–H and O–H groups in total. The molecule has 4 nitrogen and oxygen atoms in total. The molecule has 0 aliphatic carbocycles. The summed E-state index contributed by atoms with van der Waals surface area (Å²) in [4.78, 5) is 7.74. The summed E-state index contributed by atoms with van der Waals surface area (Å²) < 4.78 is 42.3. The number of hydrogen-bond acceptors (Lipinski definition) is 3. The fraction of sp³-hybridized carbons (Fsp3) is 0. The number of hydrogen-bond donors (Lipinski definition) is 0. The van der Waals surface area contributed by atoms with E-state index in [1.807, 2.05) is 22.6 Å². The van der Waals surface area contributed by atoms with Gasteiger partial charge in [0.15, 0.2) is 0 Å². The van der Waals surface area contributed by atoms with Gasteiger partial charge in [0.25, 0.3) is 5.78 Å². The highest BCUT2D eigenvalue weighted by Gasteiger charge is 2.22. The molecule has 2 aromatic heterocycles. The molecule has 9 heteroatoms. The van der Waals surface area contributed by atoms with Crippen LogP contribution in [0.3, 0.4) is 0 Å². The molecule has 1 aromatic carbocycles. The van der Waals surface area contributed by atoms with Crippen molar-refractivity contribution in [3.8, 4) is 11.1 Å². The van der Waals surface area contributed by atoms with Crippen LogP contribution in [0.5, 0.6) is 0 Å². The second kappa shape index (κ2) is 4.85. The minimum atomic E-state index is -1.07. The fourth-order valence-electron chi connectivity index (χ4n) is 1.77. The van der Waals surface area contributed by atoms with Crippen molar-refractivity contribution in [1.82, 2.24) is 19.6 Å². The first-order valence-corrected chi connectivity index (χ1v) is 6.64. The molecule has 0 bridgehead atoms. The first kappa shape index (κ1) is 13.6. The van der Waals surface area contributed by atoms with E-state index in [1.54, 1.807) is 0 Å². The van der Waals surface area contributed by atoms with Gasteiger partial charge in [-0.3, -0.25) is 0 Å². The van der Waals surface area contributed by atoms with E-state index in [0.29, 0.717) is 15.8 Å². The number of nitrogens with zero attached hydrogens (tertiary/aromatic N) is 4. The highest BCUT2D eigenvalue weighted by Crippen LogP contribution is 2.35. The predicted molar refractivity (Wildman–Crippen MR) is 73.8 cm³/mol. The molecule has 0 unspecified atom stereocenters. The Morgan fingerprint density at radius 1 is 1.10 bits per heavy atom. The minimum Gasteiger partial charge on any atom is -0.207 e. The molecule has 0 aliphatic heterocycles. The summed E-state index contributed by atoms with van der Waals surface area (Å²) in [5.74, 6) is -2.94. The van der Waals surface area contributed by atoms with Crippen LogP contribution in [-0.2, 0) is 0 Å². The number of halogens is 5. The second-order valence-corrected chi connectivity index (χ2v) is 5.16. The lowest BCUT2D eigenvalue weighted by atomic mass is 10.1. The van der Waals surface area contributed by atoms with Crippen molar-refractivity contribution in [2.24, 2.45) is 0 Å². The summed E-state index contributed by atoms with van der Waals surface area (Å²) in [7, 11) is 0. The van der Waals surface area contributed by atoms with Gasteiger partial charge in [-0.05, 0) is 22.6 Å². The van der Waals surface area contributed by atoms with Crippen LogP contribution in [0.25, 0.3) is 16.9 Å². The first-order valence-electron chi connectivity index (χ1n) is 5.18. The van der Waals surface area contributed by atoms with E-state index < -0.39 is 23.0 Å². The quantitative estimate of drug-likeness (QED) is 0.456. The van der Waals surface area contributed by atoms with Crippen LogP contribution in [0.1, 0.15) is 0 Å². The topological polar surface area (TPSA) is 43.1 Å². The molecule has 102 valence electrons. The van der Waals surface area contributed by atoms with Crippen LogP contribution in [0.4, 0.5) is 13.2 Å². The molecule has 2 heterocycles. The summed E-state index contributed by atoms with van der Waals surface area (Å²) in [6, 6.07) is 1.16. The Bertz CT molecular complexity index is 813. The maximum Gasteiger partial charge on any atom is 0.254 e. The number of rotatable bonds is 1. The average molecular weight is 411 g/mol. The van der Waals surface area contributed by atoms with Crippen LogP contribution >= 0.6 is 34.2 Å². The van der Waals surface area contributed by atoms with Gasteiger partial charge in [0.1, 0.15) is 32.6 Å². The lowest BCUT2D eigenvalue weighted by Gasteiger charge is -2.10. The Morgan fingerprint density at radius 2 is 1.75 bits per heavy atom. The zero-order valence-electron chi connectivity index (χ0n) is 9.41. The van der Waals surface area contributed by atoms with Crippen molar-refractivity contribution < 1.29 is 13.2 Å². The zero-order valence-corrected chi connectivity index (χ0v) is 12.3. The largest absolute Gasteiger partial charge is 0.254 e. The predicted octanol–water partition coefficient (Wildman–Crippen LogP) is 3.47. The minimum absolute atomic E-state index is 0.000247. The molecule has 0 atom stereocenters.